The van der Waals surface area contributed by atoms with Crippen LogP contribution < -0.4 is 5.32 Å². The second kappa shape index (κ2) is 9.71. The number of amides is 1. The normalized spacial score (nSPS) is 21.6. The highest BCUT2D eigenvalue weighted by molar-refractivity contribution is 5.78. The third-order valence-corrected chi connectivity index (χ3v) is 6.58. The Morgan fingerprint density at radius 3 is 2.73 bits per heavy atom. The summed E-state index contributed by atoms with van der Waals surface area (Å²) < 4.78 is 1.91. The third-order valence-electron chi connectivity index (χ3n) is 6.58. The van der Waals surface area contributed by atoms with E-state index in [0.717, 1.165) is 57.0 Å². The van der Waals surface area contributed by atoms with E-state index >= 15 is 0 Å². The largest absolute Gasteiger partial charge is 0.350 e. The van der Waals surface area contributed by atoms with Crippen molar-refractivity contribution in [3.63, 3.8) is 0 Å². The first-order chi connectivity index (χ1) is 14.6. The molecule has 2 saturated heterocycles. The van der Waals surface area contributed by atoms with Gasteiger partial charge >= 0.3 is 0 Å². The Hall–Kier alpha value is -2.25. The van der Waals surface area contributed by atoms with Crippen molar-refractivity contribution in [2.75, 3.05) is 26.2 Å². The Labute approximate surface area is 179 Å². The van der Waals surface area contributed by atoms with Gasteiger partial charge in [0.05, 0.1) is 23.9 Å². The van der Waals surface area contributed by atoms with E-state index in [-0.39, 0.29) is 11.8 Å². The fourth-order valence-electron chi connectivity index (χ4n) is 4.86. The molecule has 1 amide bonds. The highest BCUT2D eigenvalue weighted by atomic mass is 16.1. The number of nitrogens with one attached hydrogen (secondary N) is 1. The molecule has 0 saturated carbocycles. The SMILES string of the molecule is Cc1nn(C)cc1CN1CCC(N2CCCC(C(=O)NCc3ccccn3)C2)CC1. The summed E-state index contributed by atoms with van der Waals surface area (Å²) in [5.41, 5.74) is 3.38. The van der Waals surface area contributed by atoms with Gasteiger partial charge in [0.1, 0.15) is 0 Å². The Bertz CT molecular complexity index is 827. The summed E-state index contributed by atoms with van der Waals surface area (Å²) in [6.07, 6.45) is 8.37. The molecule has 2 aliphatic rings. The van der Waals surface area contributed by atoms with E-state index in [2.05, 4.69) is 38.3 Å². The number of carbonyl (C=O) groups is 1. The average Bonchev–Trinajstić information content (AvgIpc) is 3.10. The number of nitrogens with zero attached hydrogens (tertiary/aromatic N) is 5. The number of hydrogen-bond acceptors (Lipinski definition) is 5. The van der Waals surface area contributed by atoms with Crippen LogP contribution >= 0.6 is 0 Å². The fourth-order valence-corrected chi connectivity index (χ4v) is 4.86. The Morgan fingerprint density at radius 1 is 1.20 bits per heavy atom. The Balaban J connectivity index is 1.24. The van der Waals surface area contributed by atoms with Gasteiger partial charge in [-0.15, -0.1) is 0 Å². The molecule has 1 unspecified atom stereocenters. The molecular formula is C23H34N6O. The molecule has 2 aromatic heterocycles. The van der Waals surface area contributed by atoms with Crippen molar-refractivity contribution in [3.8, 4) is 0 Å². The molecule has 7 heteroatoms. The van der Waals surface area contributed by atoms with Gasteiger partial charge in [0.2, 0.25) is 5.91 Å². The van der Waals surface area contributed by atoms with E-state index in [4.69, 9.17) is 0 Å². The van der Waals surface area contributed by atoms with Gasteiger partial charge < -0.3 is 5.32 Å². The van der Waals surface area contributed by atoms with Gasteiger partial charge in [0.15, 0.2) is 0 Å². The van der Waals surface area contributed by atoms with Crippen LogP contribution in [-0.4, -0.2) is 62.7 Å². The van der Waals surface area contributed by atoms with Crippen LogP contribution in [0.5, 0.6) is 0 Å². The Morgan fingerprint density at radius 2 is 2.03 bits per heavy atom. The van der Waals surface area contributed by atoms with Crippen molar-refractivity contribution in [2.45, 2.75) is 51.7 Å². The van der Waals surface area contributed by atoms with Crippen LogP contribution in [0, 0.1) is 12.8 Å². The first-order valence-electron chi connectivity index (χ1n) is 11.2. The molecule has 162 valence electrons. The quantitative estimate of drug-likeness (QED) is 0.790. The summed E-state index contributed by atoms with van der Waals surface area (Å²) in [6.45, 7) is 7.84. The van der Waals surface area contributed by atoms with Crippen LogP contribution in [0.25, 0.3) is 0 Å². The molecule has 4 rings (SSSR count). The molecule has 1 N–H and O–H groups in total. The standard InChI is InChI=1S/C23H34N6O/c1-18-20(15-27(2)26-18)16-28-12-8-22(9-13-28)29-11-5-6-19(17-29)23(30)25-14-21-7-3-4-10-24-21/h3-4,7,10,15,19,22H,5-6,8-9,11-14,16-17H2,1-2H3,(H,25,30). The molecular weight excluding hydrogens is 376 g/mol. The highest BCUT2D eigenvalue weighted by Crippen LogP contribution is 2.25. The minimum atomic E-state index is 0.0959. The number of piperidine rings is 2. The van der Waals surface area contributed by atoms with Crippen LogP contribution in [-0.2, 0) is 24.9 Å². The number of carbonyl (C=O) groups excluding carboxylic acids is 1. The zero-order chi connectivity index (χ0) is 20.9. The second-order valence-corrected chi connectivity index (χ2v) is 8.79. The number of hydrogen-bond donors (Lipinski definition) is 1. The molecule has 0 bridgehead atoms. The van der Waals surface area contributed by atoms with Crippen molar-refractivity contribution >= 4 is 5.91 Å². The molecule has 1 atom stereocenters. The summed E-state index contributed by atoms with van der Waals surface area (Å²) in [5, 5.41) is 7.55. The predicted octanol–water partition coefficient (Wildman–Crippen LogP) is 2.12. The third kappa shape index (κ3) is 5.26. The van der Waals surface area contributed by atoms with Crippen molar-refractivity contribution in [1.82, 2.24) is 29.9 Å². The van der Waals surface area contributed by atoms with Crippen LogP contribution in [0.4, 0.5) is 0 Å². The minimum Gasteiger partial charge on any atom is -0.350 e. The number of pyridine rings is 1. The van der Waals surface area contributed by atoms with Gasteiger partial charge in [0, 0.05) is 44.1 Å². The van der Waals surface area contributed by atoms with E-state index in [9.17, 15) is 4.79 Å². The summed E-state index contributed by atoms with van der Waals surface area (Å²) >= 11 is 0. The van der Waals surface area contributed by atoms with E-state index < -0.39 is 0 Å². The van der Waals surface area contributed by atoms with Crippen molar-refractivity contribution in [1.29, 1.82) is 0 Å². The predicted molar refractivity (Wildman–Crippen MR) is 117 cm³/mol. The molecule has 30 heavy (non-hydrogen) atoms. The smallest absolute Gasteiger partial charge is 0.224 e. The topological polar surface area (TPSA) is 66.3 Å². The molecule has 2 aromatic rings. The molecule has 2 aliphatic heterocycles. The lowest BCUT2D eigenvalue weighted by molar-refractivity contribution is -0.127. The minimum absolute atomic E-state index is 0.0959. The van der Waals surface area contributed by atoms with Crippen molar-refractivity contribution in [2.24, 2.45) is 13.0 Å². The van der Waals surface area contributed by atoms with Crippen molar-refractivity contribution in [3.05, 3.63) is 47.5 Å². The van der Waals surface area contributed by atoms with E-state index in [1.807, 2.05) is 29.9 Å². The van der Waals surface area contributed by atoms with E-state index in [1.54, 1.807) is 6.20 Å². The van der Waals surface area contributed by atoms with Gasteiger partial charge in [-0.2, -0.15) is 5.10 Å². The summed E-state index contributed by atoms with van der Waals surface area (Å²) in [4.78, 5) is 22.1. The highest BCUT2D eigenvalue weighted by Gasteiger charge is 2.31. The molecule has 2 fully saturated rings. The second-order valence-electron chi connectivity index (χ2n) is 8.79. The summed E-state index contributed by atoms with van der Waals surface area (Å²) in [5.74, 6) is 0.272. The fraction of sp³-hybridized carbons (Fsp3) is 0.609. The number of rotatable bonds is 6. The van der Waals surface area contributed by atoms with Gasteiger partial charge in [-0.1, -0.05) is 6.07 Å². The lowest BCUT2D eigenvalue weighted by Crippen LogP contribution is -2.50. The lowest BCUT2D eigenvalue weighted by Gasteiger charge is -2.42. The summed E-state index contributed by atoms with van der Waals surface area (Å²) in [6, 6.07) is 6.41. The number of aromatic nitrogens is 3. The van der Waals surface area contributed by atoms with Gasteiger partial charge in [-0.05, 0) is 64.4 Å². The Kier molecular flexibility index (Phi) is 6.79. The molecule has 4 heterocycles. The van der Waals surface area contributed by atoms with Gasteiger partial charge in [-0.25, -0.2) is 0 Å². The molecule has 0 radical (unpaired) electrons. The average molecular weight is 411 g/mol. The number of aryl methyl sites for hydroxylation is 2. The number of likely N-dealkylation sites (tertiary alicyclic amines) is 2. The molecule has 0 aliphatic carbocycles. The summed E-state index contributed by atoms with van der Waals surface area (Å²) in [7, 11) is 1.99. The first-order valence-corrected chi connectivity index (χ1v) is 11.2. The zero-order valence-corrected chi connectivity index (χ0v) is 18.3. The maximum Gasteiger partial charge on any atom is 0.224 e. The van der Waals surface area contributed by atoms with Crippen LogP contribution in [0.15, 0.2) is 30.6 Å². The molecule has 0 aromatic carbocycles. The lowest BCUT2D eigenvalue weighted by atomic mass is 9.93. The van der Waals surface area contributed by atoms with Crippen molar-refractivity contribution < 1.29 is 4.79 Å². The molecule has 0 spiro atoms. The molecule has 7 nitrogen and oxygen atoms in total. The van der Waals surface area contributed by atoms with Gasteiger partial charge in [-0.3, -0.25) is 24.3 Å². The maximum absolute atomic E-state index is 12.7. The first kappa shape index (κ1) is 21.0. The van der Waals surface area contributed by atoms with Crippen LogP contribution in [0.3, 0.4) is 0 Å². The zero-order valence-electron chi connectivity index (χ0n) is 18.3. The monoisotopic (exact) mass is 410 g/mol. The maximum atomic E-state index is 12.7. The van der Waals surface area contributed by atoms with Crippen LogP contribution in [0.2, 0.25) is 0 Å². The van der Waals surface area contributed by atoms with Gasteiger partial charge in [0.25, 0.3) is 0 Å². The van der Waals surface area contributed by atoms with E-state index in [1.165, 1.54) is 18.4 Å². The van der Waals surface area contributed by atoms with Crippen LogP contribution in [0.1, 0.15) is 42.6 Å². The van der Waals surface area contributed by atoms with E-state index in [0.29, 0.717) is 12.6 Å².